The lowest BCUT2D eigenvalue weighted by Gasteiger charge is -2.22. The molecule has 0 aromatic carbocycles. The second-order valence-electron chi connectivity index (χ2n) is 6.37. The Morgan fingerprint density at radius 2 is 2.05 bits per heavy atom. The number of likely N-dealkylation sites (N-methyl/N-ethyl adjacent to an activating group) is 1. The fourth-order valence-corrected chi connectivity index (χ4v) is 3.22. The predicted octanol–water partition coefficient (Wildman–Crippen LogP) is 3.05. The third-order valence-electron chi connectivity index (χ3n) is 4.34. The van der Waals surface area contributed by atoms with E-state index >= 15 is 0 Å². The van der Waals surface area contributed by atoms with Crippen LogP contribution in [0, 0.1) is 5.92 Å². The van der Waals surface area contributed by atoms with Gasteiger partial charge in [-0.3, -0.25) is 0 Å². The Morgan fingerprint density at radius 3 is 2.67 bits per heavy atom. The molecule has 120 valence electrons. The molecule has 0 radical (unpaired) electrons. The zero-order valence-electron chi connectivity index (χ0n) is 13.8. The molecule has 0 bridgehead atoms. The molecule has 1 heterocycles. The van der Waals surface area contributed by atoms with Crippen molar-refractivity contribution < 1.29 is 9.26 Å². The molecule has 0 saturated heterocycles. The van der Waals surface area contributed by atoms with E-state index in [0.29, 0.717) is 18.5 Å². The molecule has 1 saturated carbocycles. The summed E-state index contributed by atoms with van der Waals surface area (Å²) in [6.07, 6.45) is 6.12. The van der Waals surface area contributed by atoms with Gasteiger partial charge in [-0.05, 0) is 46.1 Å². The summed E-state index contributed by atoms with van der Waals surface area (Å²) in [7, 11) is 0. The second kappa shape index (κ2) is 7.36. The Bertz CT molecular complexity index is 425. The van der Waals surface area contributed by atoms with Crippen molar-refractivity contribution in [1.82, 2.24) is 15.5 Å². The van der Waals surface area contributed by atoms with Crippen molar-refractivity contribution in [3.8, 4) is 0 Å². The molecular formula is C16H29N3O2. The van der Waals surface area contributed by atoms with Crippen molar-refractivity contribution in [3.05, 3.63) is 11.7 Å². The van der Waals surface area contributed by atoms with Gasteiger partial charge in [0.05, 0.1) is 0 Å². The molecule has 5 heteroatoms. The monoisotopic (exact) mass is 295 g/mol. The van der Waals surface area contributed by atoms with Gasteiger partial charge >= 0.3 is 0 Å². The molecule has 1 aromatic heterocycles. The molecule has 1 aliphatic carbocycles. The highest BCUT2D eigenvalue weighted by Crippen LogP contribution is 2.29. The average molecular weight is 295 g/mol. The van der Waals surface area contributed by atoms with Crippen LogP contribution in [0.4, 0.5) is 0 Å². The van der Waals surface area contributed by atoms with Crippen LogP contribution in [0.5, 0.6) is 0 Å². The molecule has 1 atom stereocenters. The fraction of sp³-hybridized carbons (Fsp3) is 0.875. The summed E-state index contributed by atoms with van der Waals surface area (Å²) >= 11 is 0. The smallest absolute Gasteiger partial charge is 0.228 e. The number of nitrogens with one attached hydrogen (secondary N) is 1. The van der Waals surface area contributed by atoms with Gasteiger partial charge in [0.1, 0.15) is 5.60 Å². The zero-order valence-corrected chi connectivity index (χ0v) is 13.8. The van der Waals surface area contributed by atoms with Gasteiger partial charge < -0.3 is 14.6 Å². The Balaban J connectivity index is 2.02. The molecule has 1 aliphatic rings. The van der Waals surface area contributed by atoms with E-state index in [2.05, 4.69) is 22.4 Å². The first-order chi connectivity index (χ1) is 10.1. The lowest BCUT2D eigenvalue weighted by molar-refractivity contribution is -0.0221. The molecule has 0 spiro atoms. The summed E-state index contributed by atoms with van der Waals surface area (Å²) in [5, 5.41) is 7.69. The first-order valence-corrected chi connectivity index (χ1v) is 8.27. The highest BCUT2D eigenvalue weighted by molar-refractivity contribution is 4.99. The molecule has 1 N–H and O–H groups in total. The molecule has 1 fully saturated rings. The highest BCUT2D eigenvalue weighted by atomic mass is 16.5. The van der Waals surface area contributed by atoms with E-state index in [1.807, 2.05) is 20.8 Å². The van der Waals surface area contributed by atoms with Crippen LogP contribution in [0.25, 0.3) is 0 Å². The largest absolute Gasteiger partial charge is 0.368 e. The van der Waals surface area contributed by atoms with Crippen molar-refractivity contribution in [2.75, 3.05) is 13.2 Å². The van der Waals surface area contributed by atoms with Gasteiger partial charge in [-0.25, -0.2) is 0 Å². The molecule has 0 amide bonds. The van der Waals surface area contributed by atoms with Crippen LogP contribution in [-0.4, -0.2) is 29.3 Å². The van der Waals surface area contributed by atoms with Gasteiger partial charge in [-0.15, -0.1) is 0 Å². The minimum atomic E-state index is -0.489. The summed E-state index contributed by atoms with van der Waals surface area (Å²) in [5.74, 6) is 2.09. The number of aromatic nitrogens is 2. The van der Waals surface area contributed by atoms with Crippen molar-refractivity contribution in [2.45, 2.75) is 71.4 Å². The standard InChI is InChI=1S/C16H29N3O2/c1-5-17-13(12-9-7-8-10-12)11-14-18-15(19-21-14)16(3,4)20-6-2/h12-13,17H,5-11H2,1-4H3. The Kier molecular flexibility index (Phi) is 5.76. The van der Waals surface area contributed by atoms with Gasteiger partial charge in [0.25, 0.3) is 0 Å². The van der Waals surface area contributed by atoms with Crippen LogP contribution in [0.3, 0.4) is 0 Å². The fourth-order valence-electron chi connectivity index (χ4n) is 3.22. The third kappa shape index (κ3) is 4.27. The van der Waals surface area contributed by atoms with Crippen LogP contribution >= 0.6 is 0 Å². The summed E-state index contributed by atoms with van der Waals surface area (Å²) in [4.78, 5) is 4.55. The summed E-state index contributed by atoms with van der Waals surface area (Å²) in [6, 6.07) is 0.445. The predicted molar refractivity (Wildman–Crippen MR) is 82.1 cm³/mol. The van der Waals surface area contributed by atoms with Gasteiger partial charge in [-0.2, -0.15) is 4.98 Å². The Hall–Kier alpha value is -0.940. The third-order valence-corrected chi connectivity index (χ3v) is 4.34. The van der Waals surface area contributed by atoms with Crippen molar-refractivity contribution in [2.24, 2.45) is 5.92 Å². The van der Waals surface area contributed by atoms with Crippen LogP contribution in [0.2, 0.25) is 0 Å². The lowest BCUT2D eigenvalue weighted by Crippen LogP contribution is -2.37. The number of nitrogens with zero attached hydrogens (tertiary/aromatic N) is 2. The molecular weight excluding hydrogens is 266 g/mol. The van der Waals surface area contributed by atoms with E-state index in [9.17, 15) is 0 Å². The van der Waals surface area contributed by atoms with Gasteiger partial charge in [0.2, 0.25) is 11.7 Å². The van der Waals surface area contributed by atoms with Crippen LogP contribution < -0.4 is 5.32 Å². The second-order valence-corrected chi connectivity index (χ2v) is 6.37. The molecule has 1 aromatic rings. The lowest BCUT2D eigenvalue weighted by atomic mass is 9.95. The molecule has 2 rings (SSSR count). The first kappa shape index (κ1) is 16.4. The van der Waals surface area contributed by atoms with E-state index in [-0.39, 0.29) is 0 Å². The maximum atomic E-state index is 5.68. The molecule has 0 aliphatic heterocycles. The number of hydrogen-bond donors (Lipinski definition) is 1. The Morgan fingerprint density at radius 1 is 1.33 bits per heavy atom. The molecule has 5 nitrogen and oxygen atoms in total. The quantitative estimate of drug-likeness (QED) is 0.798. The van der Waals surface area contributed by atoms with Gasteiger partial charge in [0.15, 0.2) is 0 Å². The van der Waals surface area contributed by atoms with Crippen molar-refractivity contribution in [3.63, 3.8) is 0 Å². The molecule has 21 heavy (non-hydrogen) atoms. The van der Waals surface area contributed by atoms with E-state index in [1.54, 1.807) is 0 Å². The van der Waals surface area contributed by atoms with E-state index in [0.717, 1.165) is 24.8 Å². The maximum Gasteiger partial charge on any atom is 0.228 e. The van der Waals surface area contributed by atoms with Gasteiger partial charge in [0, 0.05) is 19.1 Å². The number of ether oxygens (including phenoxy) is 1. The number of rotatable bonds is 8. The van der Waals surface area contributed by atoms with Crippen LogP contribution in [-0.2, 0) is 16.8 Å². The number of hydrogen-bond acceptors (Lipinski definition) is 5. The zero-order chi connectivity index (χ0) is 15.3. The SMILES string of the molecule is CCNC(Cc1nc(C(C)(C)OCC)no1)C1CCCC1. The first-order valence-electron chi connectivity index (χ1n) is 8.27. The van der Waals surface area contributed by atoms with Crippen LogP contribution in [0.1, 0.15) is 65.1 Å². The van der Waals surface area contributed by atoms with Crippen molar-refractivity contribution >= 4 is 0 Å². The average Bonchev–Trinajstić information content (AvgIpc) is 3.10. The summed E-state index contributed by atoms with van der Waals surface area (Å²) < 4.78 is 11.1. The summed E-state index contributed by atoms with van der Waals surface area (Å²) in [6.45, 7) is 9.70. The maximum absolute atomic E-state index is 5.68. The molecule has 1 unspecified atom stereocenters. The summed E-state index contributed by atoms with van der Waals surface area (Å²) in [5.41, 5.74) is -0.489. The van der Waals surface area contributed by atoms with Crippen LogP contribution in [0.15, 0.2) is 4.52 Å². The highest BCUT2D eigenvalue weighted by Gasteiger charge is 2.30. The van der Waals surface area contributed by atoms with Gasteiger partial charge in [-0.1, -0.05) is 24.9 Å². The Labute approximate surface area is 127 Å². The topological polar surface area (TPSA) is 60.2 Å². The van der Waals surface area contributed by atoms with E-state index in [1.165, 1.54) is 25.7 Å². The minimum Gasteiger partial charge on any atom is -0.368 e. The van der Waals surface area contributed by atoms with Crippen molar-refractivity contribution in [1.29, 1.82) is 0 Å². The normalized spacial score (nSPS) is 18.3. The van der Waals surface area contributed by atoms with E-state index < -0.39 is 5.60 Å². The minimum absolute atomic E-state index is 0.445. The van der Waals surface area contributed by atoms with E-state index in [4.69, 9.17) is 9.26 Å².